The van der Waals surface area contributed by atoms with Gasteiger partial charge in [-0.1, -0.05) is 12.1 Å². The topological polar surface area (TPSA) is 98.3 Å². The predicted octanol–water partition coefficient (Wildman–Crippen LogP) is 4.29. The highest BCUT2D eigenvalue weighted by atomic mass is 32.1. The number of hydrogen-bond donors (Lipinski definition) is 0. The first-order valence-electron chi connectivity index (χ1n) is 7.51. The van der Waals surface area contributed by atoms with Gasteiger partial charge in [0.1, 0.15) is 11.1 Å². The van der Waals surface area contributed by atoms with Crippen LogP contribution in [0.1, 0.15) is 10.6 Å². The number of nitriles is 1. The first kappa shape index (κ1) is 17.4. The highest BCUT2D eigenvalue weighted by Crippen LogP contribution is 2.30. The van der Waals surface area contributed by atoms with E-state index in [-0.39, 0.29) is 12.3 Å². The molecule has 0 atom stereocenters. The number of benzene rings is 2. The van der Waals surface area contributed by atoms with Crippen LogP contribution in [-0.2, 0) is 0 Å². The van der Waals surface area contributed by atoms with Gasteiger partial charge in [0, 0.05) is 12.1 Å². The van der Waals surface area contributed by atoms with Crippen LogP contribution in [-0.4, -0.2) is 23.6 Å². The fraction of sp³-hybridized carbons (Fsp3) is 0.111. The number of thiazole rings is 1. The first-order chi connectivity index (χ1) is 12.6. The predicted molar refractivity (Wildman–Crippen MR) is 99.3 cm³/mol. The Balaban J connectivity index is 1.84. The number of hydrogen-bond acceptors (Lipinski definition) is 7. The second-order valence-corrected chi connectivity index (χ2v) is 6.21. The summed E-state index contributed by atoms with van der Waals surface area (Å²) in [5, 5.41) is 20.2. The third-order valence-corrected chi connectivity index (χ3v) is 4.50. The highest BCUT2D eigenvalue weighted by molar-refractivity contribution is 7.19. The summed E-state index contributed by atoms with van der Waals surface area (Å²) >= 11 is 1.45. The van der Waals surface area contributed by atoms with Crippen LogP contribution >= 0.6 is 11.3 Å². The number of non-ortho nitro benzene ring substituents is 1. The van der Waals surface area contributed by atoms with E-state index in [9.17, 15) is 10.1 Å². The Morgan fingerprint density at radius 3 is 2.85 bits per heavy atom. The summed E-state index contributed by atoms with van der Waals surface area (Å²) in [6.07, 6.45) is 3.70. The van der Waals surface area contributed by atoms with E-state index in [2.05, 4.69) is 4.98 Å². The van der Waals surface area contributed by atoms with Crippen molar-refractivity contribution in [2.75, 3.05) is 13.7 Å². The number of nitrogens with zero attached hydrogens (tertiary/aromatic N) is 3. The molecular weight excluding hydrogens is 354 g/mol. The minimum atomic E-state index is -0.434. The molecule has 3 rings (SSSR count). The largest absolute Gasteiger partial charge is 0.493 e. The third-order valence-electron chi connectivity index (χ3n) is 3.50. The molecule has 0 saturated carbocycles. The van der Waals surface area contributed by atoms with Crippen molar-refractivity contribution < 1.29 is 14.4 Å². The molecule has 0 radical (unpaired) electrons. The lowest BCUT2D eigenvalue weighted by molar-refractivity contribution is -0.384. The van der Waals surface area contributed by atoms with Gasteiger partial charge in [-0.05, 0) is 29.8 Å². The zero-order chi connectivity index (χ0) is 18.5. The number of fused-ring (bicyclic) bond motifs is 1. The maximum absolute atomic E-state index is 10.8. The van der Waals surface area contributed by atoms with E-state index in [1.165, 1.54) is 30.6 Å². The molecule has 1 aromatic heterocycles. The van der Waals surface area contributed by atoms with Crippen molar-refractivity contribution in [2.45, 2.75) is 0 Å². The minimum Gasteiger partial charge on any atom is -0.493 e. The van der Waals surface area contributed by atoms with Crippen molar-refractivity contribution in [3.63, 3.8) is 0 Å². The van der Waals surface area contributed by atoms with E-state index >= 15 is 0 Å². The van der Waals surface area contributed by atoms with Crippen molar-refractivity contribution in [3.05, 3.63) is 57.1 Å². The summed E-state index contributed by atoms with van der Waals surface area (Å²) < 4.78 is 11.4. The maximum Gasteiger partial charge on any atom is 0.271 e. The molecule has 7 nitrogen and oxygen atoms in total. The Bertz CT molecular complexity index is 1040. The lowest BCUT2D eigenvalue weighted by Crippen LogP contribution is -1.96. The molecular formula is C18H13N3O4S. The normalized spacial score (nSPS) is 10.8. The van der Waals surface area contributed by atoms with Gasteiger partial charge in [-0.15, -0.1) is 11.3 Å². The van der Waals surface area contributed by atoms with E-state index in [4.69, 9.17) is 14.7 Å². The van der Waals surface area contributed by atoms with E-state index < -0.39 is 4.92 Å². The summed E-state index contributed by atoms with van der Waals surface area (Å²) in [7, 11) is 1.53. The van der Waals surface area contributed by atoms with E-state index in [0.717, 1.165) is 15.3 Å². The molecule has 3 aromatic rings. The Morgan fingerprint density at radius 1 is 1.27 bits per heavy atom. The SMILES string of the molecule is COc1cc(/C=C/c2nc3cc([N+](=O)[O-])ccc3s2)ccc1OCC#N. The van der Waals surface area contributed by atoms with Gasteiger partial charge in [-0.3, -0.25) is 10.1 Å². The Morgan fingerprint density at radius 2 is 2.12 bits per heavy atom. The molecule has 26 heavy (non-hydrogen) atoms. The lowest BCUT2D eigenvalue weighted by atomic mass is 10.2. The van der Waals surface area contributed by atoms with Crippen LogP contribution in [0.2, 0.25) is 0 Å². The van der Waals surface area contributed by atoms with Crippen molar-refractivity contribution in [1.29, 1.82) is 5.26 Å². The quantitative estimate of drug-likeness (QED) is 0.476. The van der Waals surface area contributed by atoms with Gasteiger partial charge in [0.25, 0.3) is 5.69 Å². The fourth-order valence-electron chi connectivity index (χ4n) is 2.30. The Kier molecular flexibility index (Phi) is 5.10. The van der Waals surface area contributed by atoms with Crippen molar-refractivity contribution in [1.82, 2.24) is 4.98 Å². The lowest BCUT2D eigenvalue weighted by Gasteiger charge is -2.08. The molecule has 0 aliphatic rings. The van der Waals surface area contributed by atoms with Crippen LogP contribution in [0.4, 0.5) is 5.69 Å². The summed E-state index contributed by atoms with van der Waals surface area (Å²) in [6.45, 7) is -0.0522. The second kappa shape index (κ2) is 7.63. The van der Waals surface area contributed by atoms with Gasteiger partial charge in [-0.2, -0.15) is 5.26 Å². The molecule has 0 aliphatic carbocycles. The molecule has 0 N–H and O–H groups in total. The van der Waals surface area contributed by atoms with E-state index in [0.29, 0.717) is 17.0 Å². The van der Waals surface area contributed by atoms with Gasteiger partial charge in [0.2, 0.25) is 0 Å². The number of nitro groups is 1. The summed E-state index contributed by atoms with van der Waals surface area (Å²) in [5.41, 5.74) is 1.49. The van der Waals surface area contributed by atoms with Crippen molar-refractivity contribution in [2.24, 2.45) is 0 Å². The van der Waals surface area contributed by atoms with Gasteiger partial charge in [0.15, 0.2) is 18.1 Å². The molecule has 0 unspecified atom stereocenters. The number of rotatable bonds is 6. The second-order valence-electron chi connectivity index (χ2n) is 5.15. The molecule has 8 heteroatoms. The van der Waals surface area contributed by atoms with Crippen LogP contribution in [0.5, 0.6) is 11.5 Å². The smallest absolute Gasteiger partial charge is 0.271 e. The molecule has 2 aromatic carbocycles. The van der Waals surface area contributed by atoms with Gasteiger partial charge >= 0.3 is 0 Å². The molecule has 0 spiro atoms. The van der Waals surface area contributed by atoms with Crippen LogP contribution in [0.3, 0.4) is 0 Å². The highest BCUT2D eigenvalue weighted by Gasteiger charge is 2.09. The molecule has 0 amide bonds. The molecule has 0 bridgehead atoms. The average Bonchev–Trinajstić information content (AvgIpc) is 3.06. The van der Waals surface area contributed by atoms with E-state index in [1.807, 2.05) is 24.3 Å². The Labute approximate surface area is 152 Å². The maximum atomic E-state index is 10.8. The van der Waals surface area contributed by atoms with Crippen LogP contribution in [0.15, 0.2) is 36.4 Å². The molecule has 0 saturated heterocycles. The third kappa shape index (κ3) is 3.79. The molecule has 130 valence electrons. The fourth-order valence-corrected chi connectivity index (χ4v) is 3.15. The average molecular weight is 367 g/mol. The van der Waals surface area contributed by atoms with Crippen molar-refractivity contribution >= 4 is 39.4 Å². The van der Waals surface area contributed by atoms with Crippen molar-refractivity contribution in [3.8, 4) is 17.6 Å². The summed E-state index contributed by atoms with van der Waals surface area (Å²) in [5.74, 6) is 1.03. The van der Waals surface area contributed by atoms with E-state index in [1.54, 1.807) is 18.2 Å². The Hall–Kier alpha value is -3.44. The zero-order valence-corrected chi connectivity index (χ0v) is 14.5. The number of ether oxygens (including phenoxy) is 2. The van der Waals surface area contributed by atoms with Gasteiger partial charge in [-0.25, -0.2) is 4.98 Å². The standard InChI is InChI=1S/C18H13N3O4S/c1-24-16-10-12(2-5-15(16)25-9-8-19)3-7-18-20-14-11-13(21(22)23)4-6-17(14)26-18/h2-7,10-11H,9H2,1H3/b7-3+. The molecule has 1 heterocycles. The van der Waals surface area contributed by atoms with Crippen LogP contribution in [0.25, 0.3) is 22.4 Å². The first-order valence-corrected chi connectivity index (χ1v) is 8.33. The zero-order valence-electron chi connectivity index (χ0n) is 13.7. The van der Waals surface area contributed by atoms with Gasteiger partial charge < -0.3 is 9.47 Å². The number of methoxy groups -OCH3 is 1. The van der Waals surface area contributed by atoms with Crippen LogP contribution < -0.4 is 9.47 Å². The van der Waals surface area contributed by atoms with Crippen LogP contribution in [0, 0.1) is 21.4 Å². The molecule has 0 fully saturated rings. The number of aromatic nitrogens is 1. The number of nitro benzene ring substituents is 1. The molecule has 0 aliphatic heterocycles. The minimum absolute atomic E-state index is 0.0241. The van der Waals surface area contributed by atoms with Gasteiger partial charge in [0.05, 0.1) is 22.2 Å². The summed E-state index contributed by atoms with van der Waals surface area (Å²) in [6, 6.07) is 11.9. The monoisotopic (exact) mass is 367 g/mol. The summed E-state index contributed by atoms with van der Waals surface area (Å²) in [4.78, 5) is 14.8.